The van der Waals surface area contributed by atoms with E-state index in [1.54, 1.807) is 0 Å². The minimum Gasteiger partial charge on any atom is -1.00 e. The maximum absolute atomic E-state index is 2.37. The Kier molecular flexibility index (Phi) is 18.2. The minimum absolute atomic E-state index is 0. The quantitative estimate of drug-likeness (QED) is 0.154. The molecular weight excluding hydrogens is 600 g/mol. The van der Waals surface area contributed by atoms with Crippen LogP contribution in [0, 0.1) is 13.8 Å². The van der Waals surface area contributed by atoms with Gasteiger partial charge in [-0.15, -0.1) is 0 Å². The molecule has 4 aromatic carbocycles. The number of hydrogen-bond donors (Lipinski definition) is 0. The van der Waals surface area contributed by atoms with E-state index in [4.69, 9.17) is 0 Å². The summed E-state index contributed by atoms with van der Waals surface area (Å²) in [6.45, 7) is 4.28. The van der Waals surface area contributed by atoms with Crippen LogP contribution in [-0.4, -0.2) is 0 Å². The molecule has 0 aromatic heterocycles. The molecular formula is C28H25Cl4PZr. The standard InChI is InChI=1S/C28H25P.4ClH.Zr/c1-22-13-17-24(18-14-22)21-28(25-19-15-23(2)16-20-25)29(26-9-5-3-6-10-26)27-11-7-4-8-12-27;;;;;/h3-21H,1-2H3;4*1H;/q;;;;;+4/p-4. The first-order valence-electron chi connectivity index (χ1n) is 9.96. The van der Waals surface area contributed by atoms with Crippen LogP contribution in [0.15, 0.2) is 109 Å². The summed E-state index contributed by atoms with van der Waals surface area (Å²) in [5.41, 5.74) is 5.10. The molecule has 0 atom stereocenters. The van der Waals surface area contributed by atoms with Crippen LogP contribution in [-0.2, 0) is 26.2 Å². The summed E-state index contributed by atoms with van der Waals surface area (Å²) in [5, 5.41) is 4.11. The Morgan fingerprint density at radius 3 is 1.32 bits per heavy atom. The number of aryl methyl sites for hydroxylation is 2. The molecule has 0 heterocycles. The van der Waals surface area contributed by atoms with Crippen LogP contribution >= 0.6 is 7.92 Å². The van der Waals surface area contributed by atoms with Crippen molar-refractivity contribution >= 4 is 29.9 Å². The van der Waals surface area contributed by atoms with Gasteiger partial charge in [-0.05, 0) is 54.9 Å². The maximum atomic E-state index is 2.37. The Labute approximate surface area is 249 Å². The van der Waals surface area contributed by atoms with Gasteiger partial charge in [-0.1, -0.05) is 120 Å². The summed E-state index contributed by atoms with van der Waals surface area (Å²) < 4.78 is 0. The molecule has 0 unspecified atom stereocenters. The molecule has 0 aliphatic rings. The van der Waals surface area contributed by atoms with E-state index in [1.165, 1.54) is 38.2 Å². The Bertz CT molecular complexity index is 1060. The molecule has 0 spiro atoms. The zero-order valence-corrected chi connectivity index (χ0v) is 25.3. The Hall–Kier alpha value is -0.907. The van der Waals surface area contributed by atoms with Gasteiger partial charge >= 0.3 is 26.2 Å². The Morgan fingerprint density at radius 2 is 0.912 bits per heavy atom. The maximum Gasteiger partial charge on any atom is 4.00 e. The monoisotopic (exact) mass is 622 g/mol. The van der Waals surface area contributed by atoms with Gasteiger partial charge in [-0.3, -0.25) is 0 Å². The van der Waals surface area contributed by atoms with E-state index in [0.717, 1.165) is 0 Å². The molecule has 6 heteroatoms. The molecule has 4 aromatic rings. The summed E-state index contributed by atoms with van der Waals surface area (Å²) in [5.74, 6) is 0. The van der Waals surface area contributed by atoms with E-state index in [9.17, 15) is 0 Å². The molecule has 0 amide bonds. The van der Waals surface area contributed by atoms with Crippen LogP contribution in [0.2, 0.25) is 0 Å². The van der Waals surface area contributed by atoms with E-state index < -0.39 is 7.92 Å². The first-order chi connectivity index (χ1) is 14.2. The first-order valence-corrected chi connectivity index (χ1v) is 11.3. The van der Waals surface area contributed by atoms with Gasteiger partial charge in [0.1, 0.15) is 0 Å². The van der Waals surface area contributed by atoms with Crippen molar-refractivity contribution in [2.75, 3.05) is 0 Å². The summed E-state index contributed by atoms with van der Waals surface area (Å²) >= 11 is 0. The van der Waals surface area contributed by atoms with Crippen molar-refractivity contribution in [3.8, 4) is 0 Å². The molecule has 0 saturated heterocycles. The summed E-state index contributed by atoms with van der Waals surface area (Å²) in [6.07, 6.45) is 2.37. The van der Waals surface area contributed by atoms with Crippen LogP contribution in [0.5, 0.6) is 0 Å². The van der Waals surface area contributed by atoms with Gasteiger partial charge in [0.15, 0.2) is 0 Å². The van der Waals surface area contributed by atoms with Crippen molar-refractivity contribution in [1.29, 1.82) is 0 Å². The second kappa shape index (κ2) is 17.5. The predicted molar refractivity (Wildman–Crippen MR) is 129 cm³/mol. The molecule has 0 aliphatic heterocycles. The van der Waals surface area contributed by atoms with Gasteiger partial charge in [0.2, 0.25) is 0 Å². The largest absolute Gasteiger partial charge is 4.00 e. The van der Waals surface area contributed by atoms with Gasteiger partial charge in [0.05, 0.1) is 0 Å². The van der Waals surface area contributed by atoms with E-state index in [0.29, 0.717) is 0 Å². The molecule has 0 radical (unpaired) electrons. The third kappa shape index (κ3) is 9.28. The number of benzene rings is 4. The average Bonchev–Trinajstić information content (AvgIpc) is 2.77. The second-order valence-electron chi connectivity index (χ2n) is 7.31. The van der Waals surface area contributed by atoms with Crippen molar-refractivity contribution in [3.05, 3.63) is 131 Å². The van der Waals surface area contributed by atoms with Crippen molar-refractivity contribution in [2.24, 2.45) is 0 Å². The van der Waals surface area contributed by atoms with Crippen LogP contribution < -0.4 is 60.2 Å². The van der Waals surface area contributed by atoms with Gasteiger partial charge in [0.25, 0.3) is 0 Å². The molecule has 0 aliphatic carbocycles. The van der Waals surface area contributed by atoms with E-state index in [-0.39, 0.29) is 75.8 Å². The number of halogens is 4. The van der Waals surface area contributed by atoms with Crippen LogP contribution in [0.25, 0.3) is 11.4 Å². The molecule has 4 rings (SSSR count). The molecule has 0 nitrogen and oxygen atoms in total. The normalized spacial score (nSPS) is 9.91. The van der Waals surface area contributed by atoms with E-state index in [2.05, 4.69) is 129 Å². The Morgan fingerprint density at radius 1 is 0.529 bits per heavy atom. The fourth-order valence-electron chi connectivity index (χ4n) is 3.40. The SMILES string of the molecule is Cc1ccc(C=C(c2ccc(C)cc2)P(c2ccccc2)c2ccccc2)cc1.[Cl-].[Cl-].[Cl-].[Cl-].[Zr+4]. The summed E-state index contributed by atoms with van der Waals surface area (Å²) in [4.78, 5) is 0. The van der Waals surface area contributed by atoms with Gasteiger partial charge in [-0.2, -0.15) is 0 Å². The molecule has 174 valence electrons. The van der Waals surface area contributed by atoms with Crippen LogP contribution in [0.3, 0.4) is 0 Å². The third-order valence-electron chi connectivity index (χ3n) is 5.00. The average molecular weight is 626 g/mol. The van der Waals surface area contributed by atoms with Crippen molar-refractivity contribution in [1.82, 2.24) is 0 Å². The molecule has 0 N–H and O–H groups in total. The van der Waals surface area contributed by atoms with E-state index >= 15 is 0 Å². The van der Waals surface area contributed by atoms with Gasteiger partial charge < -0.3 is 49.6 Å². The third-order valence-corrected chi connectivity index (χ3v) is 7.50. The fourth-order valence-corrected chi connectivity index (χ4v) is 5.88. The van der Waals surface area contributed by atoms with Gasteiger partial charge in [-0.25, -0.2) is 0 Å². The first kappa shape index (κ1) is 35.3. The van der Waals surface area contributed by atoms with Crippen molar-refractivity contribution < 1.29 is 75.8 Å². The van der Waals surface area contributed by atoms with Crippen molar-refractivity contribution in [2.45, 2.75) is 13.8 Å². The molecule has 0 saturated carbocycles. The molecule has 34 heavy (non-hydrogen) atoms. The van der Waals surface area contributed by atoms with Gasteiger partial charge in [0, 0.05) is 0 Å². The number of rotatable bonds is 5. The zero-order valence-electron chi connectivity index (χ0n) is 18.9. The Balaban J connectivity index is 0. The summed E-state index contributed by atoms with van der Waals surface area (Å²) in [6, 6.07) is 39.6. The fraction of sp³-hybridized carbons (Fsp3) is 0.0714. The number of hydrogen-bond acceptors (Lipinski definition) is 0. The topological polar surface area (TPSA) is 0 Å². The minimum atomic E-state index is -0.670. The second-order valence-corrected chi connectivity index (χ2v) is 9.50. The van der Waals surface area contributed by atoms with Crippen molar-refractivity contribution in [3.63, 3.8) is 0 Å². The van der Waals surface area contributed by atoms with Crippen LogP contribution in [0.1, 0.15) is 22.3 Å². The van der Waals surface area contributed by atoms with E-state index in [1.807, 2.05) is 0 Å². The predicted octanol–water partition coefficient (Wildman–Crippen LogP) is -5.05. The molecule has 0 bridgehead atoms. The van der Waals surface area contributed by atoms with Crippen LogP contribution in [0.4, 0.5) is 0 Å². The zero-order chi connectivity index (χ0) is 20.1. The smallest absolute Gasteiger partial charge is 1.00 e. The molecule has 0 fully saturated rings. The summed E-state index contributed by atoms with van der Waals surface area (Å²) in [7, 11) is -0.670.